The fourth-order valence-electron chi connectivity index (χ4n) is 3.34. The molecule has 0 N–H and O–H groups in total. The van der Waals surface area contributed by atoms with E-state index in [1.165, 1.54) is 0 Å². The van der Waals surface area contributed by atoms with Crippen molar-refractivity contribution < 1.29 is 9.32 Å². The minimum atomic E-state index is 0.0932. The summed E-state index contributed by atoms with van der Waals surface area (Å²) in [5.74, 6) is 1.27. The van der Waals surface area contributed by atoms with Gasteiger partial charge in [-0.25, -0.2) is 0 Å². The van der Waals surface area contributed by atoms with Crippen LogP contribution in [-0.2, 0) is 4.79 Å². The van der Waals surface area contributed by atoms with Gasteiger partial charge in [0, 0.05) is 32.1 Å². The second-order valence-electron chi connectivity index (χ2n) is 6.56. The Hall–Kier alpha value is -3.02. The third-order valence-corrected chi connectivity index (χ3v) is 4.76. The molecule has 3 aromatic rings. The first-order chi connectivity index (χ1) is 12.7. The summed E-state index contributed by atoms with van der Waals surface area (Å²) in [5, 5.41) is 4.15. The zero-order valence-electron chi connectivity index (χ0n) is 14.6. The quantitative estimate of drug-likeness (QED) is 0.724. The Bertz CT molecular complexity index is 907. The summed E-state index contributed by atoms with van der Waals surface area (Å²) in [6.07, 6.45) is 3.66. The maximum absolute atomic E-state index is 11.6. The number of carbonyl (C=O) groups excluding carboxylic acids is 1. The minimum absolute atomic E-state index is 0.0932. The average molecular weight is 348 g/mol. The van der Waals surface area contributed by atoms with Gasteiger partial charge in [-0.15, -0.1) is 0 Å². The van der Waals surface area contributed by atoms with E-state index >= 15 is 0 Å². The van der Waals surface area contributed by atoms with Crippen molar-refractivity contribution in [3.8, 4) is 22.7 Å². The number of benzene rings is 1. The molecule has 6 heteroatoms. The van der Waals surface area contributed by atoms with Crippen LogP contribution in [0.25, 0.3) is 22.7 Å². The van der Waals surface area contributed by atoms with Crippen molar-refractivity contribution in [1.29, 1.82) is 0 Å². The van der Waals surface area contributed by atoms with Crippen LogP contribution in [0.4, 0.5) is 0 Å². The van der Waals surface area contributed by atoms with Gasteiger partial charge in [0.25, 0.3) is 5.89 Å². The Morgan fingerprint density at radius 3 is 2.85 bits per heavy atom. The van der Waals surface area contributed by atoms with E-state index in [0.717, 1.165) is 30.5 Å². The molecule has 1 atom stereocenters. The lowest BCUT2D eigenvalue weighted by Crippen LogP contribution is -2.37. The number of rotatable bonds is 3. The van der Waals surface area contributed by atoms with Gasteiger partial charge in [0.15, 0.2) is 5.82 Å². The molecule has 0 saturated carbocycles. The number of aromatic nitrogens is 3. The van der Waals surface area contributed by atoms with E-state index in [0.29, 0.717) is 24.0 Å². The Morgan fingerprint density at radius 1 is 1.19 bits per heavy atom. The van der Waals surface area contributed by atoms with Gasteiger partial charge in [0.2, 0.25) is 5.91 Å². The van der Waals surface area contributed by atoms with Gasteiger partial charge in [0.1, 0.15) is 5.69 Å². The Balaban J connectivity index is 1.58. The zero-order valence-corrected chi connectivity index (χ0v) is 14.6. The molecule has 0 bridgehead atoms. The number of likely N-dealkylation sites (tertiary alicyclic amines) is 1. The largest absolute Gasteiger partial charge is 0.342 e. The smallest absolute Gasteiger partial charge is 0.276 e. The molecule has 1 aliphatic heterocycles. The summed E-state index contributed by atoms with van der Waals surface area (Å²) in [7, 11) is 0. The fourth-order valence-corrected chi connectivity index (χ4v) is 3.34. The molecule has 1 amide bonds. The molecule has 1 unspecified atom stereocenters. The number of hydrogen-bond donors (Lipinski definition) is 0. The number of pyridine rings is 1. The summed E-state index contributed by atoms with van der Waals surface area (Å²) < 4.78 is 5.46. The summed E-state index contributed by atoms with van der Waals surface area (Å²) in [5.41, 5.74) is 2.82. The summed E-state index contributed by atoms with van der Waals surface area (Å²) in [6.45, 7) is 3.05. The van der Waals surface area contributed by atoms with Crippen molar-refractivity contribution in [2.24, 2.45) is 0 Å². The molecule has 1 aromatic carbocycles. The van der Waals surface area contributed by atoms with E-state index < -0.39 is 0 Å². The van der Waals surface area contributed by atoms with Gasteiger partial charge in [-0.3, -0.25) is 9.78 Å². The highest BCUT2D eigenvalue weighted by molar-refractivity contribution is 5.73. The lowest BCUT2D eigenvalue weighted by Gasteiger charge is -2.30. The Morgan fingerprint density at radius 2 is 2.04 bits per heavy atom. The third-order valence-electron chi connectivity index (χ3n) is 4.76. The number of piperidine rings is 1. The van der Waals surface area contributed by atoms with Crippen molar-refractivity contribution in [2.45, 2.75) is 25.7 Å². The van der Waals surface area contributed by atoms with Gasteiger partial charge in [-0.2, -0.15) is 4.98 Å². The predicted molar refractivity (Wildman–Crippen MR) is 97.2 cm³/mol. The van der Waals surface area contributed by atoms with E-state index in [1.807, 2.05) is 35.2 Å². The van der Waals surface area contributed by atoms with Gasteiger partial charge in [-0.1, -0.05) is 35.5 Å². The van der Waals surface area contributed by atoms with Gasteiger partial charge in [0.05, 0.1) is 0 Å². The number of carbonyl (C=O) groups is 1. The third kappa shape index (κ3) is 3.35. The molecule has 132 valence electrons. The second kappa shape index (κ2) is 7.07. The van der Waals surface area contributed by atoms with Crippen LogP contribution in [0.1, 0.15) is 31.5 Å². The number of nitrogens with zero attached hydrogens (tertiary/aromatic N) is 4. The van der Waals surface area contributed by atoms with Gasteiger partial charge >= 0.3 is 0 Å². The van der Waals surface area contributed by atoms with Gasteiger partial charge < -0.3 is 9.42 Å². The van der Waals surface area contributed by atoms with Crippen molar-refractivity contribution in [1.82, 2.24) is 20.0 Å². The molecule has 4 rings (SSSR count). The van der Waals surface area contributed by atoms with E-state index in [4.69, 9.17) is 4.52 Å². The second-order valence-corrected chi connectivity index (χ2v) is 6.56. The van der Waals surface area contributed by atoms with Crippen LogP contribution < -0.4 is 0 Å². The normalized spacial score (nSPS) is 17.3. The average Bonchev–Trinajstić information content (AvgIpc) is 3.19. The highest BCUT2D eigenvalue weighted by Gasteiger charge is 2.27. The first-order valence-corrected chi connectivity index (χ1v) is 8.81. The summed E-state index contributed by atoms with van der Waals surface area (Å²) >= 11 is 0. The first kappa shape index (κ1) is 16.4. The van der Waals surface area contributed by atoms with Crippen molar-refractivity contribution in [3.63, 3.8) is 0 Å². The molecular weight excluding hydrogens is 328 g/mol. The zero-order chi connectivity index (χ0) is 17.9. The topological polar surface area (TPSA) is 72.1 Å². The maximum Gasteiger partial charge on any atom is 0.276 e. The number of hydrogen-bond acceptors (Lipinski definition) is 5. The van der Waals surface area contributed by atoms with E-state index in [-0.39, 0.29) is 11.8 Å². The van der Waals surface area contributed by atoms with Crippen LogP contribution >= 0.6 is 0 Å². The summed E-state index contributed by atoms with van der Waals surface area (Å²) in [6, 6.07) is 14.0. The van der Waals surface area contributed by atoms with Crippen LogP contribution in [0.5, 0.6) is 0 Å². The molecule has 0 aliphatic carbocycles. The molecule has 2 aromatic heterocycles. The molecule has 1 aliphatic rings. The monoisotopic (exact) mass is 348 g/mol. The highest BCUT2D eigenvalue weighted by Crippen LogP contribution is 2.28. The maximum atomic E-state index is 11.6. The molecule has 26 heavy (non-hydrogen) atoms. The summed E-state index contributed by atoms with van der Waals surface area (Å²) in [4.78, 5) is 22.4. The van der Waals surface area contributed by atoms with Crippen molar-refractivity contribution in [2.75, 3.05) is 13.1 Å². The molecule has 1 saturated heterocycles. The van der Waals surface area contributed by atoms with Gasteiger partial charge in [-0.05, 0) is 36.1 Å². The minimum Gasteiger partial charge on any atom is -0.342 e. The molecule has 0 radical (unpaired) electrons. The highest BCUT2D eigenvalue weighted by atomic mass is 16.5. The number of amides is 1. The van der Waals surface area contributed by atoms with E-state index in [2.05, 4.69) is 27.3 Å². The van der Waals surface area contributed by atoms with Crippen LogP contribution in [-0.4, -0.2) is 39.0 Å². The lowest BCUT2D eigenvalue weighted by molar-refractivity contribution is -0.130. The van der Waals surface area contributed by atoms with Crippen LogP contribution in [0, 0.1) is 0 Å². The fraction of sp³-hybridized carbons (Fsp3) is 0.300. The Labute approximate surface area is 151 Å². The van der Waals surface area contributed by atoms with E-state index in [9.17, 15) is 4.79 Å². The standard InChI is InChI=1S/C20H20N4O2/c1-14(25)24-11-5-8-17(13-24)19-22-20(26-23-19)18-12-16(9-10-21-18)15-6-3-2-4-7-15/h2-4,6-7,9-10,12,17H,5,8,11,13H2,1H3. The Kier molecular flexibility index (Phi) is 4.48. The molecule has 3 heterocycles. The SMILES string of the molecule is CC(=O)N1CCCC(c2noc(-c3cc(-c4ccccc4)ccn3)n2)C1. The molecule has 6 nitrogen and oxygen atoms in total. The molecule has 0 spiro atoms. The van der Waals surface area contributed by atoms with Crippen LogP contribution in [0.3, 0.4) is 0 Å². The molecule has 1 fully saturated rings. The lowest BCUT2D eigenvalue weighted by atomic mass is 9.97. The molecular formula is C20H20N4O2. The van der Waals surface area contributed by atoms with Crippen LogP contribution in [0.2, 0.25) is 0 Å². The van der Waals surface area contributed by atoms with Crippen molar-refractivity contribution >= 4 is 5.91 Å². The predicted octanol–water partition coefficient (Wildman–Crippen LogP) is 3.52. The van der Waals surface area contributed by atoms with E-state index in [1.54, 1.807) is 13.1 Å². The first-order valence-electron chi connectivity index (χ1n) is 8.81. The van der Waals surface area contributed by atoms with Crippen molar-refractivity contribution in [3.05, 3.63) is 54.5 Å². The van der Waals surface area contributed by atoms with Crippen LogP contribution in [0.15, 0.2) is 53.2 Å².